The molecule has 0 aliphatic rings. The van der Waals surface area contributed by atoms with Crippen LogP contribution in [0.5, 0.6) is 0 Å². The summed E-state index contributed by atoms with van der Waals surface area (Å²) in [6, 6.07) is 44.0. The van der Waals surface area contributed by atoms with Crippen LogP contribution >= 0.6 is 0 Å². The van der Waals surface area contributed by atoms with Crippen molar-refractivity contribution < 1.29 is 0 Å². The number of fused-ring (bicyclic) bond motifs is 6. The number of hydrogen-bond acceptors (Lipinski definition) is 6. The van der Waals surface area contributed by atoms with E-state index in [1.54, 1.807) is 24.8 Å². The van der Waals surface area contributed by atoms with E-state index < -0.39 is 0 Å². The van der Waals surface area contributed by atoms with Crippen molar-refractivity contribution in [3.63, 3.8) is 0 Å². The molecular formula is C52H46N8O2. The van der Waals surface area contributed by atoms with Crippen LogP contribution in [0.1, 0.15) is 51.4 Å². The molecule has 0 saturated carbocycles. The number of nitrogens with zero attached hydrogens (tertiary/aromatic N) is 8. The second kappa shape index (κ2) is 17.3. The summed E-state index contributed by atoms with van der Waals surface area (Å²) in [5, 5.41) is 0. The van der Waals surface area contributed by atoms with Crippen LogP contribution in [0.25, 0.3) is 78.4 Å². The molecule has 0 spiro atoms. The van der Waals surface area contributed by atoms with Gasteiger partial charge in [-0.3, -0.25) is 28.4 Å². The van der Waals surface area contributed by atoms with Gasteiger partial charge in [0.15, 0.2) is 0 Å². The zero-order valence-electron chi connectivity index (χ0n) is 34.5. The number of hydrogen-bond donors (Lipinski definition) is 0. The van der Waals surface area contributed by atoms with Gasteiger partial charge in [0.25, 0.3) is 11.1 Å². The van der Waals surface area contributed by atoms with Gasteiger partial charge in [0.05, 0.1) is 22.1 Å². The number of imidazole rings is 2. The lowest BCUT2D eigenvalue weighted by atomic mass is 10.1. The van der Waals surface area contributed by atoms with E-state index in [2.05, 4.69) is 22.1 Å². The molecule has 0 amide bonds. The van der Waals surface area contributed by atoms with Crippen LogP contribution in [0.3, 0.4) is 0 Å². The summed E-state index contributed by atoms with van der Waals surface area (Å²) in [6.45, 7) is 1.27. The van der Waals surface area contributed by atoms with Crippen LogP contribution in [0.15, 0.2) is 168 Å². The van der Waals surface area contributed by atoms with E-state index in [0.29, 0.717) is 47.2 Å². The molecule has 0 atom stereocenters. The SMILES string of the molecule is O=c1c2c(-c3ccccc3)nc(-c3cccnc3)n2c2ccccc2n1CCCCCCCCCCn1c(=O)c2c(-c3ccccc3)nc(-c3cccnc3)n2c2ccccc21. The van der Waals surface area contributed by atoms with Gasteiger partial charge < -0.3 is 9.13 Å². The van der Waals surface area contributed by atoms with E-state index >= 15 is 0 Å². The minimum Gasteiger partial charge on any atom is -0.305 e. The van der Waals surface area contributed by atoms with Crippen LogP contribution in [0, 0.1) is 0 Å². The van der Waals surface area contributed by atoms with E-state index in [0.717, 1.165) is 95.7 Å². The van der Waals surface area contributed by atoms with Crippen molar-refractivity contribution >= 4 is 33.1 Å². The summed E-state index contributed by atoms with van der Waals surface area (Å²) in [6.07, 6.45) is 15.5. The van der Waals surface area contributed by atoms with Gasteiger partial charge >= 0.3 is 0 Å². The van der Waals surface area contributed by atoms with Crippen LogP contribution in [-0.2, 0) is 13.1 Å². The Balaban J connectivity index is 0.812. The largest absolute Gasteiger partial charge is 0.305 e. The van der Waals surface area contributed by atoms with E-state index in [-0.39, 0.29) is 11.1 Å². The molecule has 306 valence electrons. The van der Waals surface area contributed by atoms with Crippen LogP contribution in [0.4, 0.5) is 0 Å². The van der Waals surface area contributed by atoms with Crippen molar-refractivity contribution in [2.45, 2.75) is 64.5 Å². The Kier molecular flexibility index (Phi) is 10.8. The number of unbranched alkanes of at least 4 members (excludes halogenated alkanes) is 7. The molecule has 10 heteroatoms. The van der Waals surface area contributed by atoms with Crippen molar-refractivity contribution in [2.24, 2.45) is 0 Å². The summed E-state index contributed by atoms with van der Waals surface area (Å²) in [7, 11) is 0. The highest BCUT2D eigenvalue weighted by atomic mass is 16.1. The highest BCUT2D eigenvalue weighted by Gasteiger charge is 2.23. The molecule has 62 heavy (non-hydrogen) atoms. The number of benzene rings is 4. The monoisotopic (exact) mass is 814 g/mol. The molecule has 0 aliphatic carbocycles. The molecule has 0 N–H and O–H groups in total. The van der Waals surface area contributed by atoms with Crippen molar-refractivity contribution in [3.05, 3.63) is 179 Å². The molecule has 10 aromatic rings. The van der Waals surface area contributed by atoms with Gasteiger partial charge in [-0.2, -0.15) is 0 Å². The van der Waals surface area contributed by atoms with Gasteiger partial charge in [-0.05, 0) is 61.4 Å². The number of para-hydroxylation sites is 4. The van der Waals surface area contributed by atoms with Crippen LogP contribution < -0.4 is 11.1 Å². The molecule has 4 aromatic carbocycles. The lowest BCUT2D eigenvalue weighted by Crippen LogP contribution is -2.23. The fraction of sp³-hybridized carbons (Fsp3) is 0.192. The standard InChI is InChI=1S/C52H46N8O2/c61-51-47-45(37-21-9-7-10-22-37)55-49(39-25-19-31-53-35-39)59(47)43-29-15-13-27-41(43)57(51)33-17-5-3-1-2-4-6-18-34-58-42-28-14-16-30-44(42)60-48(52(58)62)46(38-23-11-8-12-24-38)56-50(60)40-26-20-32-54-36-40/h7-16,19-32,35-36H,1-6,17-18,33-34H2. The molecule has 10 rings (SSSR count). The minimum atomic E-state index is -0.0327. The summed E-state index contributed by atoms with van der Waals surface area (Å²) in [5.74, 6) is 1.42. The highest BCUT2D eigenvalue weighted by Crippen LogP contribution is 2.33. The third kappa shape index (κ3) is 7.17. The fourth-order valence-corrected chi connectivity index (χ4v) is 8.96. The Labute approximate surface area is 358 Å². The normalized spacial score (nSPS) is 11.7. The molecule has 6 aromatic heterocycles. The maximum atomic E-state index is 14.5. The summed E-state index contributed by atoms with van der Waals surface area (Å²) in [4.78, 5) is 47.9. The molecule has 0 fully saturated rings. The predicted molar refractivity (Wildman–Crippen MR) is 248 cm³/mol. The Bertz CT molecular complexity index is 3060. The van der Waals surface area contributed by atoms with Crippen molar-refractivity contribution in [3.8, 4) is 45.3 Å². The van der Waals surface area contributed by atoms with E-state index in [1.807, 2.05) is 139 Å². The van der Waals surface area contributed by atoms with Gasteiger partial charge in [0.2, 0.25) is 0 Å². The van der Waals surface area contributed by atoms with Gasteiger partial charge in [0.1, 0.15) is 34.1 Å². The maximum Gasteiger partial charge on any atom is 0.277 e. The molecular weight excluding hydrogens is 769 g/mol. The topological polar surface area (TPSA) is 104 Å². The second-order valence-corrected chi connectivity index (χ2v) is 15.9. The minimum absolute atomic E-state index is 0.0327. The lowest BCUT2D eigenvalue weighted by Gasteiger charge is -2.14. The van der Waals surface area contributed by atoms with Gasteiger partial charge in [0, 0.05) is 60.1 Å². The summed E-state index contributed by atoms with van der Waals surface area (Å²) in [5.41, 5.74) is 9.69. The van der Waals surface area contributed by atoms with Crippen molar-refractivity contribution in [2.75, 3.05) is 0 Å². The average Bonchev–Trinajstić information content (AvgIpc) is 3.94. The smallest absolute Gasteiger partial charge is 0.277 e. The van der Waals surface area contributed by atoms with Crippen molar-refractivity contribution in [1.29, 1.82) is 0 Å². The predicted octanol–water partition coefficient (Wildman–Crippen LogP) is 10.9. The molecule has 10 nitrogen and oxygen atoms in total. The number of pyridine rings is 2. The van der Waals surface area contributed by atoms with E-state index in [1.165, 1.54) is 0 Å². The zero-order valence-corrected chi connectivity index (χ0v) is 34.5. The summed E-state index contributed by atoms with van der Waals surface area (Å²) < 4.78 is 7.93. The second-order valence-electron chi connectivity index (χ2n) is 15.9. The number of rotatable bonds is 15. The molecule has 0 aliphatic heterocycles. The first kappa shape index (κ1) is 38.7. The molecule has 0 saturated heterocycles. The van der Waals surface area contributed by atoms with Crippen LogP contribution in [0.2, 0.25) is 0 Å². The van der Waals surface area contributed by atoms with Gasteiger partial charge in [-0.25, -0.2) is 9.97 Å². The first-order chi connectivity index (χ1) is 30.7. The van der Waals surface area contributed by atoms with Crippen molar-refractivity contribution in [1.82, 2.24) is 37.9 Å². The Morgan fingerprint density at radius 1 is 0.371 bits per heavy atom. The first-order valence-electron chi connectivity index (χ1n) is 21.7. The molecule has 6 heterocycles. The first-order valence-corrected chi connectivity index (χ1v) is 21.7. The third-order valence-electron chi connectivity index (χ3n) is 11.9. The van der Waals surface area contributed by atoms with Crippen LogP contribution in [-0.4, -0.2) is 37.9 Å². The average molecular weight is 815 g/mol. The third-order valence-corrected chi connectivity index (χ3v) is 11.9. The lowest BCUT2D eigenvalue weighted by molar-refractivity contribution is 0.526. The van der Waals surface area contributed by atoms with Gasteiger partial charge in [-0.15, -0.1) is 0 Å². The summed E-state index contributed by atoms with van der Waals surface area (Å²) >= 11 is 0. The zero-order chi connectivity index (χ0) is 41.8. The van der Waals surface area contributed by atoms with Gasteiger partial charge in [-0.1, -0.05) is 123 Å². The highest BCUT2D eigenvalue weighted by molar-refractivity contribution is 5.90. The Morgan fingerprint density at radius 2 is 0.726 bits per heavy atom. The van der Waals surface area contributed by atoms with E-state index in [9.17, 15) is 9.59 Å². The molecule has 0 bridgehead atoms. The number of aryl methyl sites for hydroxylation is 2. The van der Waals surface area contributed by atoms with E-state index in [4.69, 9.17) is 9.97 Å². The Hall–Kier alpha value is -7.46. The molecule has 0 radical (unpaired) electrons. The number of aromatic nitrogens is 8. The quantitative estimate of drug-likeness (QED) is 0.0955. The molecule has 0 unspecified atom stereocenters. The fourth-order valence-electron chi connectivity index (χ4n) is 8.96. The maximum absolute atomic E-state index is 14.5. The Morgan fingerprint density at radius 3 is 1.11 bits per heavy atom.